The molecule has 1 atom stereocenters. The number of rotatable bonds is 11. The number of hydrogen-bond acceptors (Lipinski definition) is 6. The number of oxazole rings is 1. The first kappa shape index (κ1) is 21.4. The molecule has 7 nitrogen and oxygen atoms in total. The summed E-state index contributed by atoms with van der Waals surface area (Å²) in [6, 6.07) is 24.6. The second-order valence-corrected chi connectivity index (χ2v) is 7.23. The van der Waals surface area contributed by atoms with Crippen molar-refractivity contribution in [1.29, 1.82) is 0 Å². The standard InChI is InChI=1S/C25H24N2O5/c28-24(29)17-30-20-10-6-7-18(15-20)16-26-14-13-23(31-19-8-2-1-3-9-19)25-27-21-11-4-5-12-22(21)32-25/h1-12,15,23,26H,13-14,16-17H2,(H,28,29). The number of benzene rings is 3. The number of aliphatic carboxylic acids is 1. The summed E-state index contributed by atoms with van der Waals surface area (Å²) in [5, 5.41) is 12.1. The number of para-hydroxylation sites is 3. The molecule has 7 heteroatoms. The van der Waals surface area contributed by atoms with Crippen LogP contribution in [0.5, 0.6) is 11.5 Å². The molecule has 3 aromatic carbocycles. The minimum absolute atomic E-state index is 0.345. The van der Waals surface area contributed by atoms with Gasteiger partial charge in [0.05, 0.1) is 0 Å². The Kier molecular flexibility index (Phi) is 6.99. The first-order valence-electron chi connectivity index (χ1n) is 10.4. The van der Waals surface area contributed by atoms with Crippen molar-refractivity contribution in [3.8, 4) is 11.5 Å². The van der Waals surface area contributed by atoms with E-state index in [1.807, 2.05) is 72.8 Å². The van der Waals surface area contributed by atoms with Crippen molar-refractivity contribution in [3.05, 3.63) is 90.3 Å². The quantitative estimate of drug-likeness (QED) is 0.335. The molecule has 0 spiro atoms. The lowest BCUT2D eigenvalue weighted by Gasteiger charge is -2.16. The first-order chi connectivity index (χ1) is 15.7. The number of carboxylic acid groups (broad SMARTS) is 1. The minimum atomic E-state index is -1.00. The molecule has 0 amide bonds. The summed E-state index contributed by atoms with van der Waals surface area (Å²) in [5.74, 6) is 0.824. The molecule has 0 saturated carbocycles. The van der Waals surface area contributed by atoms with Gasteiger partial charge in [0.25, 0.3) is 0 Å². The van der Waals surface area contributed by atoms with Crippen molar-refractivity contribution in [2.75, 3.05) is 13.2 Å². The highest BCUT2D eigenvalue weighted by molar-refractivity contribution is 5.72. The fourth-order valence-electron chi connectivity index (χ4n) is 3.28. The van der Waals surface area contributed by atoms with E-state index in [2.05, 4.69) is 10.3 Å². The van der Waals surface area contributed by atoms with E-state index in [4.69, 9.17) is 19.0 Å². The molecule has 1 unspecified atom stereocenters. The van der Waals surface area contributed by atoms with Crippen LogP contribution in [0.3, 0.4) is 0 Å². The molecule has 0 aliphatic carbocycles. The highest BCUT2D eigenvalue weighted by Crippen LogP contribution is 2.27. The van der Waals surface area contributed by atoms with Gasteiger partial charge in [-0.25, -0.2) is 9.78 Å². The number of aromatic nitrogens is 1. The van der Waals surface area contributed by atoms with Crippen molar-refractivity contribution in [1.82, 2.24) is 10.3 Å². The van der Waals surface area contributed by atoms with Gasteiger partial charge in [-0.05, 0) is 48.5 Å². The largest absolute Gasteiger partial charge is 0.482 e. The number of ether oxygens (including phenoxy) is 2. The Morgan fingerprint density at radius 1 is 1.00 bits per heavy atom. The lowest BCUT2D eigenvalue weighted by Crippen LogP contribution is -2.20. The van der Waals surface area contributed by atoms with Crippen LogP contribution < -0.4 is 14.8 Å². The average molecular weight is 432 g/mol. The Hall–Kier alpha value is -3.84. The molecule has 4 aromatic rings. The van der Waals surface area contributed by atoms with Gasteiger partial charge in [0, 0.05) is 13.0 Å². The molecule has 1 aromatic heterocycles. The predicted octanol–water partition coefficient (Wildman–Crippen LogP) is 4.59. The summed E-state index contributed by atoms with van der Waals surface area (Å²) in [4.78, 5) is 15.3. The summed E-state index contributed by atoms with van der Waals surface area (Å²) in [6.45, 7) is 0.909. The molecule has 0 radical (unpaired) electrons. The zero-order valence-corrected chi connectivity index (χ0v) is 17.4. The number of nitrogens with zero attached hydrogens (tertiary/aromatic N) is 1. The minimum Gasteiger partial charge on any atom is -0.482 e. The smallest absolute Gasteiger partial charge is 0.341 e. The SMILES string of the molecule is O=C(O)COc1cccc(CNCCC(Oc2ccccc2)c2nc3ccccc3o2)c1. The number of fused-ring (bicyclic) bond motifs is 1. The van der Waals surface area contributed by atoms with E-state index in [9.17, 15) is 4.79 Å². The van der Waals surface area contributed by atoms with Gasteiger partial charge in [-0.1, -0.05) is 42.5 Å². The molecule has 1 heterocycles. The predicted molar refractivity (Wildman–Crippen MR) is 120 cm³/mol. The molecule has 0 fully saturated rings. The van der Waals surface area contributed by atoms with E-state index < -0.39 is 5.97 Å². The van der Waals surface area contributed by atoms with Crippen molar-refractivity contribution < 1.29 is 23.8 Å². The van der Waals surface area contributed by atoms with Gasteiger partial charge < -0.3 is 24.3 Å². The van der Waals surface area contributed by atoms with Gasteiger partial charge >= 0.3 is 5.97 Å². The first-order valence-corrected chi connectivity index (χ1v) is 10.4. The van der Waals surface area contributed by atoms with Gasteiger partial charge in [-0.15, -0.1) is 0 Å². The Morgan fingerprint density at radius 3 is 2.59 bits per heavy atom. The zero-order valence-electron chi connectivity index (χ0n) is 17.4. The molecule has 0 bridgehead atoms. The summed E-state index contributed by atoms with van der Waals surface area (Å²) in [7, 11) is 0. The van der Waals surface area contributed by atoms with Crippen molar-refractivity contribution in [3.63, 3.8) is 0 Å². The maximum Gasteiger partial charge on any atom is 0.341 e. The third-order valence-corrected chi connectivity index (χ3v) is 4.78. The van der Waals surface area contributed by atoms with Crippen LogP contribution in [0.1, 0.15) is 24.0 Å². The molecule has 32 heavy (non-hydrogen) atoms. The number of hydrogen-bond donors (Lipinski definition) is 2. The van der Waals surface area contributed by atoms with E-state index >= 15 is 0 Å². The monoisotopic (exact) mass is 432 g/mol. The topological polar surface area (TPSA) is 93.8 Å². The van der Waals surface area contributed by atoms with E-state index in [0.717, 1.165) is 22.4 Å². The fourth-order valence-corrected chi connectivity index (χ4v) is 3.28. The van der Waals surface area contributed by atoms with Crippen LogP contribution >= 0.6 is 0 Å². The molecule has 2 N–H and O–H groups in total. The third kappa shape index (κ3) is 5.86. The maximum atomic E-state index is 10.7. The Labute approximate surface area is 185 Å². The van der Waals surface area contributed by atoms with Crippen molar-refractivity contribution >= 4 is 17.1 Å². The van der Waals surface area contributed by atoms with Gasteiger partial charge in [-0.2, -0.15) is 0 Å². The Morgan fingerprint density at radius 2 is 1.78 bits per heavy atom. The molecular formula is C25H24N2O5. The van der Waals surface area contributed by atoms with Gasteiger partial charge in [0.15, 0.2) is 18.3 Å². The van der Waals surface area contributed by atoms with E-state index in [0.29, 0.717) is 31.2 Å². The van der Waals surface area contributed by atoms with Crippen LogP contribution in [-0.4, -0.2) is 29.2 Å². The lowest BCUT2D eigenvalue weighted by atomic mass is 10.2. The van der Waals surface area contributed by atoms with E-state index in [1.165, 1.54) is 0 Å². The second-order valence-electron chi connectivity index (χ2n) is 7.23. The summed E-state index contributed by atoms with van der Waals surface area (Å²) in [6.07, 6.45) is 0.305. The van der Waals surface area contributed by atoms with Gasteiger partial charge in [-0.3, -0.25) is 0 Å². The normalized spacial score (nSPS) is 11.9. The third-order valence-electron chi connectivity index (χ3n) is 4.78. The molecular weight excluding hydrogens is 408 g/mol. The second kappa shape index (κ2) is 10.5. The molecule has 0 saturated heterocycles. The van der Waals surface area contributed by atoms with Crippen molar-refractivity contribution in [2.45, 2.75) is 19.1 Å². The van der Waals surface area contributed by atoms with Crippen LogP contribution in [0, 0.1) is 0 Å². The average Bonchev–Trinajstić information content (AvgIpc) is 3.25. The van der Waals surface area contributed by atoms with Gasteiger partial charge in [0.2, 0.25) is 5.89 Å². The van der Waals surface area contributed by atoms with E-state index in [-0.39, 0.29) is 12.7 Å². The summed E-state index contributed by atoms with van der Waals surface area (Å²) < 4.78 is 17.4. The van der Waals surface area contributed by atoms with E-state index in [1.54, 1.807) is 6.07 Å². The molecule has 4 rings (SSSR count). The number of carbonyl (C=O) groups is 1. The fraction of sp³-hybridized carbons (Fsp3) is 0.200. The Bertz CT molecular complexity index is 1130. The van der Waals surface area contributed by atoms with Crippen LogP contribution in [0.25, 0.3) is 11.1 Å². The Balaban J connectivity index is 1.38. The maximum absolute atomic E-state index is 10.7. The highest BCUT2D eigenvalue weighted by atomic mass is 16.5. The van der Waals surface area contributed by atoms with Gasteiger partial charge in [0.1, 0.15) is 17.0 Å². The molecule has 164 valence electrons. The highest BCUT2D eigenvalue weighted by Gasteiger charge is 2.20. The number of nitrogens with one attached hydrogen (secondary N) is 1. The molecule has 0 aliphatic rings. The van der Waals surface area contributed by atoms with Crippen molar-refractivity contribution in [2.24, 2.45) is 0 Å². The molecule has 0 aliphatic heterocycles. The summed E-state index contributed by atoms with van der Waals surface area (Å²) in [5.41, 5.74) is 2.53. The lowest BCUT2D eigenvalue weighted by molar-refractivity contribution is -0.139. The number of carboxylic acids is 1. The van der Waals surface area contributed by atoms with Crippen LogP contribution in [0.2, 0.25) is 0 Å². The van der Waals surface area contributed by atoms with Crippen LogP contribution in [0.15, 0.2) is 83.3 Å². The van der Waals surface area contributed by atoms with Crippen LogP contribution in [-0.2, 0) is 11.3 Å². The zero-order chi connectivity index (χ0) is 22.2. The summed E-state index contributed by atoms with van der Waals surface area (Å²) >= 11 is 0. The van der Waals surface area contributed by atoms with Crippen LogP contribution in [0.4, 0.5) is 0 Å².